The maximum Gasteiger partial charge on any atom is 0.224 e. The Labute approximate surface area is 114 Å². The van der Waals surface area contributed by atoms with Gasteiger partial charge in [0.25, 0.3) is 0 Å². The molecule has 19 heavy (non-hydrogen) atoms. The third-order valence-electron chi connectivity index (χ3n) is 3.54. The van der Waals surface area contributed by atoms with E-state index in [4.69, 9.17) is 10.5 Å². The summed E-state index contributed by atoms with van der Waals surface area (Å²) in [6.45, 7) is 3.24. The van der Waals surface area contributed by atoms with Crippen LogP contribution in [0.25, 0.3) is 0 Å². The summed E-state index contributed by atoms with van der Waals surface area (Å²) in [6, 6.07) is 8.07. The van der Waals surface area contributed by atoms with Gasteiger partial charge in [-0.15, -0.1) is 0 Å². The Bertz CT molecular complexity index is 434. The highest BCUT2D eigenvalue weighted by Crippen LogP contribution is 2.14. The summed E-state index contributed by atoms with van der Waals surface area (Å²) < 4.78 is 5.48. The van der Waals surface area contributed by atoms with E-state index in [2.05, 4.69) is 5.32 Å². The fourth-order valence-corrected chi connectivity index (χ4v) is 2.51. The van der Waals surface area contributed by atoms with Crippen molar-refractivity contribution in [3.63, 3.8) is 0 Å². The van der Waals surface area contributed by atoms with Crippen molar-refractivity contribution in [3.8, 4) is 0 Å². The summed E-state index contributed by atoms with van der Waals surface area (Å²) in [5.41, 5.74) is 7.74. The van der Waals surface area contributed by atoms with E-state index in [1.54, 1.807) is 0 Å². The average molecular weight is 262 g/mol. The molecule has 1 saturated heterocycles. The fraction of sp³-hybridized carbons (Fsp3) is 0.533. The second-order valence-electron chi connectivity index (χ2n) is 5.12. The van der Waals surface area contributed by atoms with Crippen LogP contribution in [0.5, 0.6) is 0 Å². The number of ether oxygens (including phenoxy) is 1. The second kappa shape index (κ2) is 6.68. The number of nitrogens with two attached hydrogens (primary N) is 1. The molecule has 0 saturated carbocycles. The van der Waals surface area contributed by atoms with Gasteiger partial charge in [-0.1, -0.05) is 24.3 Å². The number of carbonyl (C=O) groups excluding carboxylic acids is 1. The van der Waals surface area contributed by atoms with E-state index in [-0.39, 0.29) is 18.1 Å². The Balaban J connectivity index is 1.90. The quantitative estimate of drug-likeness (QED) is 0.861. The number of benzene rings is 1. The first-order valence-electron chi connectivity index (χ1n) is 6.87. The van der Waals surface area contributed by atoms with Crippen LogP contribution in [-0.2, 0) is 22.5 Å². The van der Waals surface area contributed by atoms with Crippen LogP contribution in [0.3, 0.4) is 0 Å². The van der Waals surface area contributed by atoms with Gasteiger partial charge in [0.15, 0.2) is 0 Å². The number of carbonyl (C=O) groups is 1. The summed E-state index contributed by atoms with van der Waals surface area (Å²) in [5.74, 6) is 0.0694. The molecule has 1 aliphatic heterocycles. The minimum Gasteiger partial charge on any atom is -0.378 e. The van der Waals surface area contributed by atoms with Crippen LogP contribution in [0.1, 0.15) is 30.9 Å². The van der Waals surface area contributed by atoms with Crippen molar-refractivity contribution in [3.05, 3.63) is 35.4 Å². The number of nitrogens with one attached hydrogen (secondary N) is 1. The highest BCUT2D eigenvalue weighted by Gasteiger charge is 2.21. The van der Waals surface area contributed by atoms with E-state index in [1.165, 1.54) is 0 Å². The molecule has 4 heteroatoms. The summed E-state index contributed by atoms with van der Waals surface area (Å²) in [7, 11) is 0. The average Bonchev–Trinajstić information content (AvgIpc) is 2.39. The molecule has 1 heterocycles. The first kappa shape index (κ1) is 14.0. The van der Waals surface area contributed by atoms with Gasteiger partial charge >= 0.3 is 0 Å². The second-order valence-corrected chi connectivity index (χ2v) is 5.12. The minimum absolute atomic E-state index is 0.0694. The van der Waals surface area contributed by atoms with Crippen LogP contribution in [0.2, 0.25) is 0 Å². The van der Waals surface area contributed by atoms with Gasteiger partial charge in [0, 0.05) is 19.2 Å². The maximum atomic E-state index is 12.1. The molecule has 1 aromatic rings. The summed E-state index contributed by atoms with van der Waals surface area (Å²) in [5, 5.41) is 3.09. The van der Waals surface area contributed by atoms with Gasteiger partial charge in [0.1, 0.15) is 0 Å². The molecule has 4 nitrogen and oxygen atoms in total. The fourth-order valence-electron chi connectivity index (χ4n) is 2.51. The Hall–Kier alpha value is -1.39. The minimum atomic E-state index is 0.0694. The van der Waals surface area contributed by atoms with Crippen molar-refractivity contribution in [2.75, 3.05) is 6.61 Å². The van der Waals surface area contributed by atoms with E-state index in [0.717, 1.165) is 30.6 Å². The van der Waals surface area contributed by atoms with Crippen molar-refractivity contribution in [1.82, 2.24) is 5.32 Å². The third-order valence-corrected chi connectivity index (χ3v) is 3.54. The largest absolute Gasteiger partial charge is 0.378 e. The zero-order valence-electron chi connectivity index (χ0n) is 11.4. The molecule has 1 amide bonds. The Morgan fingerprint density at radius 1 is 1.42 bits per heavy atom. The van der Waals surface area contributed by atoms with Crippen molar-refractivity contribution in [2.45, 2.75) is 44.9 Å². The lowest BCUT2D eigenvalue weighted by Gasteiger charge is -2.28. The number of rotatable bonds is 4. The van der Waals surface area contributed by atoms with Crippen LogP contribution >= 0.6 is 0 Å². The number of amides is 1. The molecule has 2 rings (SSSR count). The molecule has 0 bridgehead atoms. The topological polar surface area (TPSA) is 64.4 Å². The molecule has 1 aliphatic rings. The van der Waals surface area contributed by atoms with Crippen LogP contribution in [0.4, 0.5) is 0 Å². The first-order chi connectivity index (χ1) is 9.19. The lowest BCUT2D eigenvalue weighted by atomic mass is 10.0. The molecule has 0 aromatic heterocycles. The third kappa shape index (κ3) is 4.04. The lowest BCUT2D eigenvalue weighted by Crippen LogP contribution is -2.42. The normalized spacial score (nSPS) is 23.1. The van der Waals surface area contributed by atoms with Crippen LogP contribution in [0.15, 0.2) is 24.3 Å². The Kier molecular flexibility index (Phi) is 4.93. The summed E-state index contributed by atoms with van der Waals surface area (Å²) in [4.78, 5) is 12.1. The SMILES string of the molecule is CC1CC(NC(=O)Cc2ccccc2CN)CCO1. The number of hydrogen-bond donors (Lipinski definition) is 2. The van der Waals surface area contributed by atoms with Gasteiger partial charge in [-0.3, -0.25) is 4.79 Å². The van der Waals surface area contributed by atoms with Gasteiger partial charge in [-0.25, -0.2) is 0 Å². The van der Waals surface area contributed by atoms with Crippen LogP contribution in [-0.4, -0.2) is 24.7 Å². The zero-order chi connectivity index (χ0) is 13.7. The molecular weight excluding hydrogens is 240 g/mol. The molecule has 1 fully saturated rings. The van der Waals surface area contributed by atoms with E-state index in [9.17, 15) is 4.79 Å². The van der Waals surface area contributed by atoms with Crippen LogP contribution < -0.4 is 11.1 Å². The van der Waals surface area contributed by atoms with Gasteiger partial charge in [0.2, 0.25) is 5.91 Å². The Morgan fingerprint density at radius 2 is 2.16 bits per heavy atom. The smallest absolute Gasteiger partial charge is 0.224 e. The highest BCUT2D eigenvalue weighted by atomic mass is 16.5. The standard InChI is InChI=1S/C15H22N2O2/c1-11-8-14(6-7-19-11)17-15(18)9-12-4-2-3-5-13(12)10-16/h2-5,11,14H,6-10,16H2,1H3,(H,17,18). The van der Waals surface area contributed by atoms with E-state index in [1.807, 2.05) is 31.2 Å². The van der Waals surface area contributed by atoms with E-state index in [0.29, 0.717) is 13.0 Å². The molecule has 0 aliphatic carbocycles. The van der Waals surface area contributed by atoms with Gasteiger partial charge in [0.05, 0.1) is 12.5 Å². The predicted octanol–water partition coefficient (Wildman–Crippen LogP) is 1.37. The van der Waals surface area contributed by atoms with E-state index >= 15 is 0 Å². The first-order valence-corrected chi connectivity index (χ1v) is 6.87. The van der Waals surface area contributed by atoms with Gasteiger partial charge < -0.3 is 15.8 Å². The van der Waals surface area contributed by atoms with E-state index < -0.39 is 0 Å². The molecule has 1 aromatic carbocycles. The van der Waals surface area contributed by atoms with Gasteiger partial charge in [-0.05, 0) is 30.9 Å². The Morgan fingerprint density at radius 3 is 2.84 bits per heavy atom. The van der Waals surface area contributed by atoms with Crippen LogP contribution in [0, 0.1) is 0 Å². The molecule has 2 atom stereocenters. The van der Waals surface area contributed by atoms with Crippen molar-refractivity contribution < 1.29 is 9.53 Å². The highest BCUT2D eigenvalue weighted by molar-refractivity contribution is 5.79. The molecule has 0 spiro atoms. The zero-order valence-corrected chi connectivity index (χ0v) is 11.4. The summed E-state index contributed by atoms with van der Waals surface area (Å²) in [6.07, 6.45) is 2.42. The van der Waals surface area contributed by atoms with Crippen molar-refractivity contribution in [1.29, 1.82) is 0 Å². The maximum absolute atomic E-state index is 12.1. The molecule has 0 radical (unpaired) electrons. The number of hydrogen-bond acceptors (Lipinski definition) is 3. The van der Waals surface area contributed by atoms with Crippen molar-refractivity contribution >= 4 is 5.91 Å². The lowest BCUT2D eigenvalue weighted by molar-refractivity contribution is -0.122. The summed E-state index contributed by atoms with van der Waals surface area (Å²) >= 11 is 0. The monoisotopic (exact) mass is 262 g/mol. The van der Waals surface area contributed by atoms with Crippen molar-refractivity contribution in [2.24, 2.45) is 5.73 Å². The molecular formula is C15H22N2O2. The molecule has 2 unspecified atom stereocenters. The molecule has 104 valence electrons. The molecule has 3 N–H and O–H groups in total. The predicted molar refractivity (Wildman–Crippen MR) is 74.6 cm³/mol. The van der Waals surface area contributed by atoms with Gasteiger partial charge in [-0.2, -0.15) is 0 Å².